The van der Waals surface area contributed by atoms with E-state index in [1.165, 1.54) is 19.2 Å². The minimum absolute atomic E-state index is 0.185. The average molecular weight is 474 g/mol. The Labute approximate surface area is 193 Å². The molecule has 0 aliphatic carbocycles. The summed E-state index contributed by atoms with van der Waals surface area (Å²) in [4.78, 5) is 13.1. The van der Waals surface area contributed by atoms with Crippen LogP contribution < -0.4 is 14.8 Å². The Kier molecular flexibility index (Phi) is 7.72. The molecular weight excluding hydrogens is 446 g/mol. The number of hydrogen-bond donors (Lipinski definition) is 1. The van der Waals surface area contributed by atoms with Crippen LogP contribution in [-0.4, -0.2) is 43.8 Å². The number of amides is 1. The minimum atomic E-state index is -3.32. The van der Waals surface area contributed by atoms with Crippen molar-refractivity contribution in [3.05, 3.63) is 60.3 Å². The first-order valence-corrected chi connectivity index (χ1v) is 12.3. The van der Waals surface area contributed by atoms with Gasteiger partial charge in [-0.1, -0.05) is 6.92 Å². The number of carbonyl (C=O) groups is 1. The zero-order valence-electron chi connectivity index (χ0n) is 18.9. The largest absolute Gasteiger partial charge is 0.465 e. The first kappa shape index (κ1) is 24.3. The summed E-state index contributed by atoms with van der Waals surface area (Å²) in [6.45, 7) is 4.55. The zero-order chi connectivity index (χ0) is 24.0. The van der Waals surface area contributed by atoms with Crippen LogP contribution >= 0.6 is 0 Å². The van der Waals surface area contributed by atoms with Crippen LogP contribution in [0.2, 0.25) is 0 Å². The van der Waals surface area contributed by atoms with Crippen molar-refractivity contribution < 1.29 is 27.4 Å². The van der Waals surface area contributed by atoms with Crippen LogP contribution in [0.5, 0.6) is 17.2 Å². The molecule has 0 fully saturated rings. The maximum atomic E-state index is 12.9. The molecule has 0 spiro atoms. The topological polar surface area (TPSA) is 109 Å². The Morgan fingerprint density at radius 1 is 1.06 bits per heavy atom. The molecule has 1 unspecified atom stereocenters. The molecule has 33 heavy (non-hydrogen) atoms. The van der Waals surface area contributed by atoms with E-state index in [9.17, 15) is 13.2 Å². The number of anilines is 1. The minimum Gasteiger partial charge on any atom is -0.465 e. The molecular formula is C23H27N3O6S. The highest BCUT2D eigenvalue weighted by Gasteiger charge is 2.15. The summed E-state index contributed by atoms with van der Waals surface area (Å²) in [7, 11) is -1.78. The van der Waals surface area contributed by atoms with Gasteiger partial charge in [0.1, 0.15) is 17.2 Å². The first-order valence-electron chi connectivity index (χ1n) is 10.4. The smallest absolute Gasteiger partial charge is 0.257 e. The Balaban J connectivity index is 1.88. The fraction of sp³-hybridized carbons (Fsp3) is 0.304. The summed E-state index contributed by atoms with van der Waals surface area (Å²) >= 11 is 0. The van der Waals surface area contributed by atoms with Crippen LogP contribution in [0.25, 0.3) is 0 Å². The van der Waals surface area contributed by atoms with E-state index in [0.29, 0.717) is 41.6 Å². The lowest BCUT2D eigenvalue weighted by molar-refractivity contribution is -0.0549. The van der Waals surface area contributed by atoms with Crippen molar-refractivity contribution in [1.82, 2.24) is 9.78 Å². The van der Waals surface area contributed by atoms with Crippen molar-refractivity contribution in [1.29, 1.82) is 0 Å². The van der Waals surface area contributed by atoms with Crippen molar-refractivity contribution in [3.63, 3.8) is 0 Å². The van der Waals surface area contributed by atoms with Gasteiger partial charge < -0.3 is 19.5 Å². The third-order valence-electron chi connectivity index (χ3n) is 4.70. The Morgan fingerprint density at radius 3 is 2.33 bits per heavy atom. The number of aryl methyl sites for hydroxylation is 1. The molecule has 1 N–H and O–H groups in total. The summed E-state index contributed by atoms with van der Waals surface area (Å²) in [6, 6.07) is 12.5. The van der Waals surface area contributed by atoms with Crippen LogP contribution in [0.1, 0.15) is 30.6 Å². The van der Waals surface area contributed by atoms with Crippen molar-refractivity contribution in [2.75, 3.05) is 18.7 Å². The van der Waals surface area contributed by atoms with Gasteiger partial charge in [-0.2, -0.15) is 5.10 Å². The Bertz CT molecular complexity index is 1200. The number of benzene rings is 2. The van der Waals surface area contributed by atoms with E-state index in [-0.39, 0.29) is 10.8 Å². The van der Waals surface area contributed by atoms with E-state index in [4.69, 9.17) is 14.2 Å². The van der Waals surface area contributed by atoms with Crippen LogP contribution in [0.4, 0.5) is 5.82 Å². The third kappa shape index (κ3) is 6.56. The van der Waals surface area contributed by atoms with Gasteiger partial charge in [-0.3, -0.25) is 9.48 Å². The van der Waals surface area contributed by atoms with E-state index < -0.39 is 16.1 Å². The van der Waals surface area contributed by atoms with E-state index in [2.05, 4.69) is 10.4 Å². The van der Waals surface area contributed by atoms with Crippen LogP contribution in [0, 0.1) is 0 Å². The van der Waals surface area contributed by atoms with E-state index in [1.54, 1.807) is 47.3 Å². The molecule has 1 atom stereocenters. The van der Waals surface area contributed by atoms with Gasteiger partial charge >= 0.3 is 0 Å². The molecule has 1 heterocycles. The molecule has 0 saturated heterocycles. The van der Waals surface area contributed by atoms with Gasteiger partial charge in [-0.15, -0.1) is 0 Å². The first-order chi connectivity index (χ1) is 15.7. The number of sulfone groups is 1. The highest BCUT2D eigenvalue weighted by molar-refractivity contribution is 7.90. The van der Waals surface area contributed by atoms with E-state index in [1.807, 2.05) is 13.8 Å². The SMILES string of the molecule is CCC(OC)Oc1cc(Oc2ccc(S(C)(=O)=O)cc2)cc(C(=O)Nc2ccn(CC)n2)c1. The number of carbonyl (C=O) groups excluding carboxylic acids is 1. The summed E-state index contributed by atoms with van der Waals surface area (Å²) in [5.74, 6) is 1.18. The van der Waals surface area contributed by atoms with E-state index in [0.717, 1.165) is 6.26 Å². The molecule has 9 nitrogen and oxygen atoms in total. The van der Waals surface area contributed by atoms with Crippen molar-refractivity contribution in [3.8, 4) is 17.2 Å². The highest BCUT2D eigenvalue weighted by atomic mass is 32.2. The van der Waals surface area contributed by atoms with Gasteiger partial charge in [0.2, 0.25) is 0 Å². The highest BCUT2D eigenvalue weighted by Crippen LogP contribution is 2.29. The van der Waals surface area contributed by atoms with Crippen LogP contribution in [0.3, 0.4) is 0 Å². The molecule has 0 aliphatic rings. The lowest BCUT2D eigenvalue weighted by Crippen LogP contribution is -2.18. The molecule has 0 aliphatic heterocycles. The second-order valence-corrected chi connectivity index (χ2v) is 9.26. The molecule has 10 heteroatoms. The van der Waals surface area contributed by atoms with Gasteiger partial charge in [-0.25, -0.2) is 8.42 Å². The molecule has 0 saturated carbocycles. The van der Waals surface area contributed by atoms with Gasteiger partial charge in [0.15, 0.2) is 21.9 Å². The molecule has 0 radical (unpaired) electrons. The second kappa shape index (κ2) is 10.5. The number of methoxy groups -OCH3 is 1. The lowest BCUT2D eigenvalue weighted by Gasteiger charge is -2.17. The number of nitrogens with zero attached hydrogens (tertiary/aromatic N) is 2. The third-order valence-corrected chi connectivity index (χ3v) is 5.83. The molecule has 2 aromatic carbocycles. The monoisotopic (exact) mass is 473 g/mol. The molecule has 1 amide bonds. The Hall–Kier alpha value is -3.37. The normalized spacial score (nSPS) is 12.2. The van der Waals surface area contributed by atoms with Gasteiger partial charge in [-0.05, 0) is 43.3 Å². The predicted molar refractivity (Wildman–Crippen MR) is 124 cm³/mol. The number of aromatic nitrogens is 2. The van der Waals surface area contributed by atoms with Crippen LogP contribution in [0.15, 0.2) is 59.6 Å². The second-order valence-electron chi connectivity index (χ2n) is 7.24. The van der Waals surface area contributed by atoms with E-state index >= 15 is 0 Å². The summed E-state index contributed by atoms with van der Waals surface area (Å²) in [6.07, 6.45) is 3.02. The number of ether oxygens (including phenoxy) is 3. The quantitative estimate of drug-likeness (QED) is 0.441. The zero-order valence-corrected chi connectivity index (χ0v) is 19.8. The van der Waals surface area contributed by atoms with Gasteiger partial charge in [0.05, 0.1) is 4.90 Å². The van der Waals surface area contributed by atoms with Gasteiger partial charge in [0.25, 0.3) is 5.91 Å². The number of nitrogens with one attached hydrogen (secondary N) is 1. The number of rotatable bonds is 10. The molecule has 3 rings (SSSR count). The summed E-state index contributed by atoms with van der Waals surface area (Å²) < 4.78 is 42.1. The average Bonchev–Trinajstić information content (AvgIpc) is 3.24. The molecule has 1 aromatic heterocycles. The Morgan fingerprint density at radius 2 is 1.76 bits per heavy atom. The standard InChI is InChI=1S/C23H27N3O6S/c1-5-22(30-3)32-19-14-16(23(27)24-21-11-12-26(6-2)25-21)13-18(15-19)31-17-7-9-20(10-8-17)33(4,28)29/h7-15,22H,5-6H2,1-4H3,(H,24,25,27). The molecule has 3 aromatic rings. The number of hydrogen-bond acceptors (Lipinski definition) is 7. The summed E-state index contributed by atoms with van der Waals surface area (Å²) in [5, 5.41) is 7.02. The molecule has 0 bridgehead atoms. The van der Waals surface area contributed by atoms with Crippen molar-refractivity contribution in [2.24, 2.45) is 0 Å². The predicted octanol–water partition coefficient (Wildman–Crippen LogP) is 4.11. The van der Waals surface area contributed by atoms with Crippen molar-refractivity contribution >= 4 is 21.6 Å². The fourth-order valence-corrected chi connectivity index (χ4v) is 3.59. The fourth-order valence-electron chi connectivity index (χ4n) is 2.96. The van der Waals surface area contributed by atoms with Crippen LogP contribution in [-0.2, 0) is 21.1 Å². The maximum Gasteiger partial charge on any atom is 0.257 e. The summed E-state index contributed by atoms with van der Waals surface area (Å²) in [5.41, 5.74) is 0.298. The molecule has 176 valence electrons. The van der Waals surface area contributed by atoms with Crippen molar-refractivity contribution in [2.45, 2.75) is 38.0 Å². The maximum absolute atomic E-state index is 12.9. The van der Waals surface area contributed by atoms with Gasteiger partial charge in [0, 0.05) is 50.2 Å². The lowest BCUT2D eigenvalue weighted by atomic mass is 10.2.